The molecule has 2 amide bonds. The molecule has 0 bridgehead atoms. The van der Waals surface area contributed by atoms with Crippen LogP contribution in [0.5, 0.6) is 0 Å². The van der Waals surface area contributed by atoms with E-state index in [0.717, 1.165) is 6.42 Å². The molecule has 0 heterocycles. The van der Waals surface area contributed by atoms with E-state index < -0.39 is 0 Å². The molecule has 4 nitrogen and oxygen atoms in total. The summed E-state index contributed by atoms with van der Waals surface area (Å²) in [5.41, 5.74) is 1.52. The number of benzene rings is 1. The quantitative estimate of drug-likeness (QED) is 0.849. The van der Waals surface area contributed by atoms with Crippen LogP contribution in [0.2, 0.25) is 0 Å². The summed E-state index contributed by atoms with van der Waals surface area (Å²) in [6, 6.07) is 10.3. The third-order valence-electron chi connectivity index (χ3n) is 4.95. The monoisotopic (exact) mass is 304 g/mol. The SMILES string of the molecule is CC(CO)N(C)C(=O)NCC1(Cc2ccccc2)CCCC1. The third-order valence-corrected chi connectivity index (χ3v) is 4.95. The number of hydrogen-bond donors (Lipinski definition) is 2. The van der Waals surface area contributed by atoms with Gasteiger partial charge in [0, 0.05) is 13.6 Å². The minimum Gasteiger partial charge on any atom is -0.394 e. The highest BCUT2D eigenvalue weighted by Gasteiger charge is 2.34. The zero-order chi connectivity index (χ0) is 16.0. The molecule has 1 fully saturated rings. The van der Waals surface area contributed by atoms with Crippen molar-refractivity contribution in [3.63, 3.8) is 0 Å². The topological polar surface area (TPSA) is 52.6 Å². The van der Waals surface area contributed by atoms with Gasteiger partial charge in [-0.05, 0) is 37.2 Å². The van der Waals surface area contributed by atoms with Crippen molar-refractivity contribution in [3.05, 3.63) is 35.9 Å². The second-order valence-electron chi connectivity index (χ2n) is 6.67. The highest BCUT2D eigenvalue weighted by Crippen LogP contribution is 2.40. The minimum absolute atomic E-state index is 0.0148. The number of rotatable bonds is 6. The number of aliphatic hydroxyl groups is 1. The van der Waals surface area contributed by atoms with Crippen LogP contribution in [0.25, 0.3) is 0 Å². The van der Waals surface area contributed by atoms with Gasteiger partial charge < -0.3 is 15.3 Å². The van der Waals surface area contributed by atoms with Gasteiger partial charge in [0.25, 0.3) is 0 Å². The van der Waals surface area contributed by atoms with E-state index in [4.69, 9.17) is 5.11 Å². The molecule has 0 aliphatic heterocycles. The molecule has 1 saturated carbocycles. The molecule has 1 unspecified atom stereocenters. The first-order valence-electron chi connectivity index (χ1n) is 8.22. The molecule has 122 valence electrons. The van der Waals surface area contributed by atoms with Crippen molar-refractivity contribution in [1.82, 2.24) is 10.2 Å². The van der Waals surface area contributed by atoms with Crippen LogP contribution in [-0.2, 0) is 6.42 Å². The van der Waals surface area contributed by atoms with Crippen LogP contribution in [0, 0.1) is 5.41 Å². The van der Waals surface area contributed by atoms with Crippen LogP contribution in [0.4, 0.5) is 4.79 Å². The van der Waals surface area contributed by atoms with Gasteiger partial charge in [-0.3, -0.25) is 0 Å². The van der Waals surface area contributed by atoms with Gasteiger partial charge in [-0.15, -0.1) is 0 Å². The lowest BCUT2D eigenvalue weighted by atomic mass is 9.80. The van der Waals surface area contributed by atoms with E-state index in [1.807, 2.05) is 13.0 Å². The summed E-state index contributed by atoms with van der Waals surface area (Å²) in [6.45, 7) is 2.54. The Bertz CT molecular complexity index is 469. The van der Waals surface area contributed by atoms with Gasteiger partial charge in [-0.1, -0.05) is 43.2 Å². The highest BCUT2D eigenvalue weighted by atomic mass is 16.3. The standard InChI is InChI=1S/C18H28N2O2/c1-15(13-21)20(2)17(22)19-14-18(10-6-7-11-18)12-16-8-4-3-5-9-16/h3-5,8-9,15,21H,6-7,10-14H2,1-2H3,(H,19,22). The van der Waals surface area contributed by atoms with Gasteiger partial charge in [-0.2, -0.15) is 0 Å². The lowest BCUT2D eigenvalue weighted by Gasteiger charge is -2.31. The van der Waals surface area contributed by atoms with Crippen LogP contribution in [0.3, 0.4) is 0 Å². The fraction of sp³-hybridized carbons (Fsp3) is 0.611. The number of amides is 2. The van der Waals surface area contributed by atoms with Gasteiger partial charge in [0.1, 0.15) is 0 Å². The van der Waals surface area contributed by atoms with Crippen molar-refractivity contribution in [2.24, 2.45) is 5.41 Å². The van der Waals surface area contributed by atoms with Crippen LogP contribution in [0.1, 0.15) is 38.2 Å². The first kappa shape index (κ1) is 16.8. The van der Waals surface area contributed by atoms with E-state index in [-0.39, 0.29) is 24.1 Å². The highest BCUT2D eigenvalue weighted by molar-refractivity contribution is 5.74. The van der Waals surface area contributed by atoms with Crippen molar-refractivity contribution < 1.29 is 9.90 Å². The number of nitrogens with one attached hydrogen (secondary N) is 1. The number of urea groups is 1. The Morgan fingerprint density at radius 3 is 2.55 bits per heavy atom. The van der Waals surface area contributed by atoms with Crippen molar-refractivity contribution in [2.45, 2.75) is 45.1 Å². The molecule has 1 aromatic carbocycles. The Hall–Kier alpha value is -1.55. The summed E-state index contributed by atoms with van der Waals surface area (Å²) in [7, 11) is 1.73. The number of carbonyl (C=O) groups is 1. The van der Waals surface area contributed by atoms with Crippen molar-refractivity contribution >= 4 is 6.03 Å². The molecule has 4 heteroatoms. The average Bonchev–Trinajstić information content (AvgIpc) is 3.01. The summed E-state index contributed by atoms with van der Waals surface area (Å²) in [5.74, 6) is 0. The van der Waals surface area contributed by atoms with Crippen LogP contribution in [0.15, 0.2) is 30.3 Å². The fourth-order valence-corrected chi connectivity index (χ4v) is 3.28. The Balaban J connectivity index is 1.96. The normalized spacial score (nSPS) is 18.0. The van der Waals surface area contributed by atoms with Gasteiger partial charge in [0.15, 0.2) is 0 Å². The second kappa shape index (κ2) is 7.63. The van der Waals surface area contributed by atoms with Crippen LogP contribution in [-0.4, -0.2) is 42.3 Å². The zero-order valence-corrected chi connectivity index (χ0v) is 13.7. The number of aliphatic hydroxyl groups excluding tert-OH is 1. The summed E-state index contributed by atoms with van der Waals surface area (Å²) in [4.78, 5) is 13.8. The maximum Gasteiger partial charge on any atom is 0.317 e. The molecule has 0 aromatic heterocycles. The lowest BCUT2D eigenvalue weighted by Crippen LogP contribution is -2.47. The Morgan fingerprint density at radius 2 is 1.95 bits per heavy atom. The molecule has 1 aromatic rings. The van der Waals surface area contributed by atoms with E-state index in [2.05, 4.69) is 29.6 Å². The van der Waals surface area contributed by atoms with E-state index in [9.17, 15) is 4.79 Å². The number of likely N-dealkylation sites (N-methyl/N-ethyl adjacent to an activating group) is 1. The molecule has 0 radical (unpaired) electrons. The van der Waals surface area contributed by atoms with Gasteiger partial charge >= 0.3 is 6.03 Å². The van der Waals surface area contributed by atoms with E-state index in [0.29, 0.717) is 6.54 Å². The Labute approximate surface area is 133 Å². The molecule has 1 aliphatic carbocycles. The number of carbonyl (C=O) groups excluding carboxylic acids is 1. The van der Waals surface area contributed by atoms with Crippen molar-refractivity contribution in [1.29, 1.82) is 0 Å². The maximum absolute atomic E-state index is 12.2. The molecule has 1 atom stereocenters. The second-order valence-corrected chi connectivity index (χ2v) is 6.67. The van der Waals surface area contributed by atoms with Crippen LogP contribution >= 0.6 is 0 Å². The summed E-state index contributed by atoms with van der Waals surface area (Å²) in [6.07, 6.45) is 5.84. The summed E-state index contributed by atoms with van der Waals surface area (Å²) < 4.78 is 0. The predicted octanol–water partition coefficient (Wildman–Crippen LogP) is 2.81. The zero-order valence-electron chi connectivity index (χ0n) is 13.7. The minimum atomic E-state index is -0.159. The molecular weight excluding hydrogens is 276 g/mol. The van der Waals surface area contributed by atoms with Gasteiger partial charge in [0.05, 0.1) is 12.6 Å². The van der Waals surface area contributed by atoms with E-state index in [1.165, 1.54) is 31.2 Å². The molecular formula is C18H28N2O2. The maximum atomic E-state index is 12.2. The van der Waals surface area contributed by atoms with Crippen molar-refractivity contribution in [2.75, 3.05) is 20.2 Å². The number of hydrogen-bond acceptors (Lipinski definition) is 2. The fourth-order valence-electron chi connectivity index (χ4n) is 3.28. The first-order valence-corrected chi connectivity index (χ1v) is 8.22. The lowest BCUT2D eigenvalue weighted by molar-refractivity contribution is 0.152. The Kier molecular flexibility index (Phi) is 5.83. The Morgan fingerprint density at radius 1 is 1.32 bits per heavy atom. The van der Waals surface area contributed by atoms with Gasteiger partial charge in [-0.25, -0.2) is 4.79 Å². The molecule has 2 rings (SSSR count). The summed E-state index contributed by atoms with van der Waals surface area (Å²) >= 11 is 0. The molecule has 0 spiro atoms. The molecule has 22 heavy (non-hydrogen) atoms. The van der Waals surface area contributed by atoms with Crippen molar-refractivity contribution in [3.8, 4) is 0 Å². The molecule has 2 N–H and O–H groups in total. The van der Waals surface area contributed by atoms with Crippen LogP contribution < -0.4 is 5.32 Å². The smallest absolute Gasteiger partial charge is 0.317 e. The van der Waals surface area contributed by atoms with E-state index in [1.54, 1.807) is 11.9 Å². The van der Waals surface area contributed by atoms with E-state index >= 15 is 0 Å². The third kappa shape index (κ3) is 4.23. The average molecular weight is 304 g/mol. The largest absolute Gasteiger partial charge is 0.394 e. The first-order chi connectivity index (χ1) is 10.6. The molecule has 0 saturated heterocycles. The summed E-state index contributed by atoms with van der Waals surface area (Å²) in [5, 5.41) is 12.2. The predicted molar refractivity (Wildman–Crippen MR) is 88.8 cm³/mol. The molecule has 1 aliphatic rings. The van der Waals surface area contributed by atoms with Gasteiger partial charge in [0.2, 0.25) is 0 Å². The number of nitrogens with zero attached hydrogens (tertiary/aromatic N) is 1.